The van der Waals surface area contributed by atoms with Crippen LogP contribution >= 0.6 is 0 Å². The van der Waals surface area contributed by atoms with Gasteiger partial charge in [-0.3, -0.25) is 9.69 Å². The van der Waals surface area contributed by atoms with E-state index in [-0.39, 0.29) is 29.8 Å². The molecule has 4 aromatic rings. The smallest absolute Gasteiger partial charge is 0.310 e. The SMILES string of the molecule is CCC1CN(C)[C@H]2Cc3c([nH]c4ccccc34)[C@@H](c3cc4[nH]c5c(c4cc3OC)CCN3C[C@@H]4C[C@H](CC)[C@H]3[C@H]5C4)C[C@@H]1[C@@H]2C(=O)OC. The molecular weight excluding hydrogens is 596 g/mol. The molecule has 6 heterocycles. The van der Waals surface area contributed by atoms with E-state index in [0.29, 0.717) is 17.9 Å². The van der Waals surface area contributed by atoms with Crippen molar-refractivity contribution in [2.75, 3.05) is 40.9 Å². The number of nitrogens with zero attached hydrogens (tertiary/aromatic N) is 2. The van der Waals surface area contributed by atoms with E-state index in [1.807, 2.05) is 7.11 Å². The van der Waals surface area contributed by atoms with Crippen molar-refractivity contribution >= 4 is 27.8 Å². The summed E-state index contributed by atoms with van der Waals surface area (Å²) in [4.78, 5) is 27.0. The van der Waals surface area contributed by atoms with Gasteiger partial charge in [0, 0.05) is 82.3 Å². The number of carbonyl (C=O) groups is 1. The third-order valence-electron chi connectivity index (χ3n) is 13.9. The van der Waals surface area contributed by atoms with Crippen molar-refractivity contribution in [1.82, 2.24) is 19.8 Å². The van der Waals surface area contributed by atoms with Crippen LogP contribution < -0.4 is 4.74 Å². The van der Waals surface area contributed by atoms with E-state index in [1.165, 1.54) is 75.7 Å². The molecule has 10 rings (SSSR count). The van der Waals surface area contributed by atoms with Gasteiger partial charge in [0.2, 0.25) is 0 Å². The molecule has 4 aliphatic heterocycles. The van der Waals surface area contributed by atoms with Gasteiger partial charge in [-0.1, -0.05) is 44.9 Å². The molecular formula is C41H52N4O3. The summed E-state index contributed by atoms with van der Waals surface area (Å²) < 4.78 is 11.9. The number of hydrogen-bond donors (Lipinski definition) is 2. The molecule has 0 spiro atoms. The maximum Gasteiger partial charge on any atom is 0.310 e. The lowest BCUT2D eigenvalue weighted by Crippen LogP contribution is -2.56. The highest BCUT2D eigenvalue weighted by molar-refractivity contribution is 5.89. The summed E-state index contributed by atoms with van der Waals surface area (Å²) in [6.45, 7) is 8.13. The molecule has 2 aromatic carbocycles. The number of fused-ring (bicyclic) bond motifs is 9. The van der Waals surface area contributed by atoms with E-state index in [2.05, 4.69) is 77.1 Å². The minimum atomic E-state index is -0.171. The van der Waals surface area contributed by atoms with E-state index in [9.17, 15) is 4.79 Å². The van der Waals surface area contributed by atoms with Gasteiger partial charge in [-0.15, -0.1) is 0 Å². The Labute approximate surface area is 284 Å². The molecule has 6 bridgehead atoms. The van der Waals surface area contributed by atoms with Crippen molar-refractivity contribution in [1.29, 1.82) is 0 Å². The quantitative estimate of drug-likeness (QED) is 0.223. The average Bonchev–Trinajstić information content (AvgIpc) is 3.62. The number of ether oxygens (including phenoxy) is 2. The van der Waals surface area contributed by atoms with Gasteiger partial charge in [0.15, 0.2) is 0 Å². The van der Waals surface area contributed by atoms with Crippen molar-refractivity contribution in [2.24, 2.45) is 29.6 Å². The van der Waals surface area contributed by atoms with Crippen LogP contribution in [0.2, 0.25) is 0 Å². The molecule has 6 aliphatic rings. The maximum atomic E-state index is 13.7. The fourth-order valence-corrected chi connectivity index (χ4v) is 11.8. The van der Waals surface area contributed by atoms with Crippen molar-refractivity contribution in [2.45, 2.75) is 82.7 Å². The number of benzene rings is 2. The van der Waals surface area contributed by atoms with Crippen molar-refractivity contribution < 1.29 is 14.3 Å². The monoisotopic (exact) mass is 648 g/mol. The van der Waals surface area contributed by atoms with Gasteiger partial charge in [0.1, 0.15) is 5.75 Å². The van der Waals surface area contributed by atoms with Crippen LogP contribution in [0.25, 0.3) is 21.8 Å². The first-order valence-electron chi connectivity index (χ1n) is 18.8. The summed E-state index contributed by atoms with van der Waals surface area (Å²) in [5.41, 5.74) is 9.28. The Morgan fingerprint density at radius 2 is 1.73 bits per heavy atom. The first kappa shape index (κ1) is 30.7. The third-order valence-corrected chi connectivity index (χ3v) is 13.9. The highest BCUT2D eigenvalue weighted by atomic mass is 16.5. The minimum absolute atomic E-state index is 0.0613. The number of rotatable bonds is 5. The molecule has 7 nitrogen and oxygen atoms in total. The number of likely N-dealkylation sites (tertiary alicyclic amines) is 1. The van der Waals surface area contributed by atoms with Crippen molar-refractivity contribution in [3.63, 3.8) is 0 Å². The fourth-order valence-electron chi connectivity index (χ4n) is 11.8. The molecule has 2 aliphatic carbocycles. The molecule has 1 saturated carbocycles. The van der Waals surface area contributed by atoms with Crippen LogP contribution in [0.1, 0.15) is 85.9 Å². The predicted octanol–water partition coefficient (Wildman–Crippen LogP) is 7.24. The zero-order valence-corrected chi connectivity index (χ0v) is 29.4. The minimum Gasteiger partial charge on any atom is -0.496 e. The zero-order valence-electron chi connectivity index (χ0n) is 29.4. The van der Waals surface area contributed by atoms with Gasteiger partial charge in [-0.25, -0.2) is 0 Å². The first-order valence-corrected chi connectivity index (χ1v) is 18.8. The Balaban J connectivity index is 1.22. The number of nitrogens with one attached hydrogen (secondary N) is 2. The van der Waals surface area contributed by atoms with E-state index in [4.69, 9.17) is 9.47 Å². The molecule has 4 fully saturated rings. The number of H-pyrrole nitrogens is 2. The fraction of sp³-hybridized carbons (Fsp3) is 0.585. The number of aromatic nitrogens is 2. The standard InChI is InChI=1S/C41H52N4O3/c1-6-23-14-22-15-32-38-26(12-13-45(20-22)40(23)32)28-19-36(47-4)29(17-34(28)43-38)30-16-27-24(7-2)21-44(3)35(37(27)41(46)48-5)18-31-25-10-8-9-11-33(25)42-39(30)31/h8-11,17,19,22-24,27,30,32,35,37,40,42-43H,6-7,12-16,18,20-21H2,1-5H3/t22-,23+,24?,27+,30-,32+,35+,37+,40+/m1/s1. The molecule has 0 amide bonds. The van der Waals surface area contributed by atoms with E-state index < -0.39 is 0 Å². The number of hydrogen-bond acceptors (Lipinski definition) is 5. The Hall–Kier alpha value is -3.29. The largest absolute Gasteiger partial charge is 0.496 e. The van der Waals surface area contributed by atoms with Crippen LogP contribution in [0.15, 0.2) is 36.4 Å². The Morgan fingerprint density at radius 1 is 0.917 bits per heavy atom. The van der Waals surface area contributed by atoms with E-state index in [1.54, 1.807) is 7.11 Å². The molecule has 3 saturated heterocycles. The molecule has 2 aromatic heterocycles. The summed E-state index contributed by atoms with van der Waals surface area (Å²) in [6, 6.07) is 14.3. The highest BCUT2D eigenvalue weighted by Gasteiger charge is 2.51. The van der Waals surface area contributed by atoms with Crippen LogP contribution in [0.4, 0.5) is 0 Å². The molecule has 2 N–H and O–H groups in total. The lowest BCUT2D eigenvalue weighted by atomic mass is 9.64. The van der Waals surface area contributed by atoms with Crippen LogP contribution in [-0.4, -0.2) is 78.7 Å². The van der Waals surface area contributed by atoms with Crippen LogP contribution in [0, 0.1) is 29.6 Å². The van der Waals surface area contributed by atoms with E-state index >= 15 is 0 Å². The molecule has 254 valence electrons. The topological polar surface area (TPSA) is 73.6 Å². The second kappa shape index (κ2) is 11.7. The number of para-hydroxylation sites is 1. The van der Waals surface area contributed by atoms with Gasteiger partial charge >= 0.3 is 5.97 Å². The number of carbonyl (C=O) groups excluding carboxylic acids is 1. The molecule has 2 unspecified atom stereocenters. The van der Waals surface area contributed by atoms with Crippen LogP contribution in [0.5, 0.6) is 5.75 Å². The van der Waals surface area contributed by atoms with Crippen LogP contribution in [-0.2, 0) is 22.4 Å². The van der Waals surface area contributed by atoms with Gasteiger partial charge in [0.05, 0.1) is 20.1 Å². The van der Waals surface area contributed by atoms with Crippen LogP contribution in [0.3, 0.4) is 0 Å². The number of esters is 1. The number of likely N-dealkylation sites (N-methyl/N-ethyl adjacent to an activating group) is 1. The molecule has 48 heavy (non-hydrogen) atoms. The third kappa shape index (κ3) is 4.49. The average molecular weight is 649 g/mol. The normalized spacial score (nSPS) is 34.3. The Kier molecular flexibility index (Phi) is 7.47. The van der Waals surface area contributed by atoms with Crippen molar-refractivity contribution in [3.05, 3.63) is 64.5 Å². The van der Waals surface area contributed by atoms with Gasteiger partial charge in [-0.05, 0) is 92.1 Å². The second-order valence-electron chi connectivity index (χ2n) is 15.9. The highest BCUT2D eigenvalue weighted by Crippen LogP contribution is 2.53. The number of methoxy groups -OCH3 is 2. The first-order chi connectivity index (χ1) is 23.4. The summed E-state index contributed by atoms with van der Waals surface area (Å²) >= 11 is 0. The molecule has 10 atom stereocenters. The van der Waals surface area contributed by atoms with Gasteiger partial charge in [-0.2, -0.15) is 0 Å². The summed E-state index contributed by atoms with van der Waals surface area (Å²) in [5.74, 6) is 3.63. The Morgan fingerprint density at radius 3 is 2.52 bits per heavy atom. The number of piperidine rings is 3. The lowest BCUT2D eigenvalue weighted by molar-refractivity contribution is -0.155. The summed E-state index contributed by atoms with van der Waals surface area (Å²) in [6.07, 6.45) is 7.83. The predicted molar refractivity (Wildman–Crippen MR) is 191 cm³/mol. The maximum absolute atomic E-state index is 13.7. The zero-order chi connectivity index (χ0) is 32.8. The summed E-state index contributed by atoms with van der Waals surface area (Å²) in [7, 11) is 5.62. The van der Waals surface area contributed by atoms with Gasteiger partial charge < -0.3 is 24.3 Å². The number of aromatic amines is 2. The molecule has 7 heteroatoms. The summed E-state index contributed by atoms with van der Waals surface area (Å²) in [5, 5.41) is 2.60. The van der Waals surface area contributed by atoms with Gasteiger partial charge in [0.25, 0.3) is 0 Å². The second-order valence-corrected chi connectivity index (χ2v) is 15.9. The van der Waals surface area contributed by atoms with E-state index in [0.717, 1.165) is 56.4 Å². The molecule has 0 radical (unpaired) electrons. The van der Waals surface area contributed by atoms with Crippen molar-refractivity contribution in [3.8, 4) is 5.75 Å². The lowest BCUT2D eigenvalue weighted by Gasteiger charge is -2.53. The Bertz CT molecular complexity index is 1870.